The van der Waals surface area contributed by atoms with Crippen LogP contribution in [0.3, 0.4) is 0 Å². The van der Waals surface area contributed by atoms with Gasteiger partial charge < -0.3 is 0 Å². The van der Waals surface area contributed by atoms with Gasteiger partial charge >= 0.3 is 0 Å². The van der Waals surface area contributed by atoms with Gasteiger partial charge in [0, 0.05) is 23.6 Å². The minimum atomic E-state index is -3.66. The second kappa shape index (κ2) is 6.68. The third kappa shape index (κ3) is 3.34. The van der Waals surface area contributed by atoms with Crippen LogP contribution in [0.25, 0.3) is 10.6 Å². The van der Waals surface area contributed by atoms with Crippen LogP contribution in [0.4, 0.5) is 8.78 Å². The molecule has 0 radical (unpaired) electrons. The summed E-state index contributed by atoms with van der Waals surface area (Å²) < 4.78 is 55.1. The first-order valence-electron chi connectivity index (χ1n) is 8.56. The Morgan fingerprint density at radius 2 is 1.79 bits per heavy atom. The number of benzene rings is 2. The molecule has 146 valence electrons. The van der Waals surface area contributed by atoms with Gasteiger partial charge in [-0.15, -0.1) is 10.2 Å². The highest BCUT2D eigenvalue weighted by Crippen LogP contribution is 2.59. The van der Waals surface area contributed by atoms with Crippen LogP contribution < -0.4 is 4.72 Å². The number of halogens is 2. The zero-order valence-electron chi connectivity index (χ0n) is 15.1. The third-order valence-electron chi connectivity index (χ3n) is 5.03. The van der Waals surface area contributed by atoms with Crippen LogP contribution in [-0.2, 0) is 10.0 Å². The molecule has 2 atom stereocenters. The van der Waals surface area contributed by atoms with E-state index in [1.165, 1.54) is 29.5 Å². The molecular weight excluding hydrogens is 404 g/mol. The zero-order valence-corrected chi connectivity index (χ0v) is 16.7. The topological polar surface area (TPSA) is 72.0 Å². The summed E-state index contributed by atoms with van der Waals surface area (Å²) in [5.74, 6) is -1.55. The molecule has 1 heterocycles. The molecule has 4 rings (SSSR count). The lowest BCUT2D eigenvalue weighted by molar-refractivity contribution is 0.552. The van der Waals surface area contributed by atoms with Crippen molar-refractivity contribution in [2.24, 2.45) is 5.41 Å². The molecule has 1 aliphatic rings. The van der Waals surface area contributed by atoms with Gasteiger partial charge in [0.25, 0.3) is 0 Å². The van der Waals surface area contributed by atoms with Gasteiger partial charge in [-0.25, -0.2) is 21.9 Å². The standard InChI is InChI=1S/C19H17F2N3O2S2/c1-19(2)15(16(19)24-28(25,26)12-6-4-3-5-7-12)18-23-22-17(27-18)13-9-8-11(20)10-14(13)21/h3-10,15-16,24H,1-2H3/t15-,16-/m0/s1. The number of sulfonamides is 1. The minimum absolute atomic E-state index is 0.171. The molecule has 1 fully saturated rings. The van der Waals surface area contributed by atoms with Crippen molar-refractivity contribution >= 4 is 21.4 Å². The van der Waals surface area contributed by atoms with Crippen LogP contribution >= 0.6 is 11.3 Å². The van der Waals surface area contributed by atoms with Crippen molar-refractivity contribution in [1.29, 1.82) is 0 Å². The SMILES string of the molecule is CC1(C)[C@H](c2nnc(-c3ccc(F)cc3F)s2)[C@@H]1NS(=O)(=O)c1ccccc1. The normalized spacial score (nSPS) is 20.9. The minimum Gasteiger partial charge on any atom is -0.207 e. The van der Waals surface area contributed by atoms with Crippen molar-refractivity contribution in [3.63, 3.8) is 0 Å². The van der Waals surface area contributed by atoms with Crippen molar-refractivity contribution in [2.45, 2.75) is 30.7 Å². The smallest absolute Gasteiger partial charge is 0.207 e. The average molecular weight is 421 g/mol. The maximum absolute atomic E-state index is 14.0. The Bertz CT molecular complexity index is 1130. The second-order valence-corrected chi connectivity index (χ2v) is 10.0. The fourth-order valence-corrected chi connectivity index (χ4v) is 5.91. The first-order chi connectivity index (χ1) is 13.2. The van der Waals surface area contributed by atoms with Crippen molar-refractivity contribution in [3.8, 4) is 10.6 Å². The molecule has 0 unspecified atom stereocenters. The Labute approximate surface area is 165 Å². The maximum Gasteiger partial charge on any atom is 0.240 e. The predicted molar refractivity (Wildman–Crippen MR) is 102 cm³/mol. The monoisotopic (exact) mass is 421 g/mol. The first kappa shape index (κ1) is 19.1. The fourth-order valence-electron chi connectivity index (χ4n) is 3.29. The summed E-state index contributed by atoms with van der Waals surface area (Å²) in [6.07, 6.45) is 0. The lowest BCUT2D eigenvalue weighted by atomic mass is 10.1. The molecule has 1 aliphatic carbocycles. The largest absolute Gasteiger partial charge is 0.240 e. The van der Waals surface area contributed by atoms with Gasteiger partial charge in [0.05, 0.1) is 4.90 Å². The van der Waals surface area contributed by atoms with E-state index < -0.39 is 21.7 Å². The van der Waals surface area contributed by atoms with Gasteiger partial charge in [-0.2, -0.15) is 0 Å². The number of nitrogens with zero attached hydrogens (tertiary/aromatic N) is 2. The molecule has 0 saturated heterocycles. The molecule has 2 aromatic carbocycles. The summed E-state index contributed by atoms with van der Waals surface area (Å²) in [6, 6.07) is 11.1. The molecule has 1 N–H and O–H groups in total. The Kier molecular flexibility index (Phi) is 4.56. The zero-order chi connectivity index (χ0) is 20.1. The van der Waals surface area contributed by atoms with Crippen LogP contribution in [0.15, 0.2) is 53.4 Å². The summed E-state index contributed by atoms with van der Waals surface area (Å²) in [7, 11) is -3.66. The van der Waals surface area contributed by atoms with E-state index in [1.54, 1.807) is 18.2 Å². The average Bonchev–Trinajstić information content (AvgIpc) is 2.96. The number of hydrogen-bond acceptors (Lipinski definition) is 5. The number of aromatic nitrogens is 2. The van der Waals surface area contributed by atoms with Crippen molar-refractivity contribution in [1.82, 2.24) is 14.9 Å². The van der Waals surface area contributed by atoms with Crippen LogP contribution in [-0.4, -0.2) is 24.7 Å². The van der Waals surface area contributed by atoms with E-state index >= 15 is 0 Å². The van der Waals surface area contributed by atoms with Gasteiger partial charge in [-0.1, -0.05) is 43.4 Å². The summed E-state index contributed by atoms with van der Waals surface area (Å²) in [6.45, 7) is 3.88. The van der Waals surface area contributed by atoms with Gasteiger partial charge in [-0.05, 0) is 29.7 Å². The summed E-state index contributed by atoms with van der Waals surface area (Å²) >= 11 is 1.18. The molecule has 0 aliphatic heterocycles. The summed E-state index contributed by atoms with van der Waals surface area (Å²) in [5, 5.41) is 9.11. The molecule has 28 heavy (non-hydrogen) atoms. The lowest BCUT2D eigenvalue weighted by Crippen LogP contribution is -2.29. The van der Waals surface area contributed by atoms with Gasteiger partial charge in [-0.3, -0.25) is 0 Å². The van der Waals surface area contributed by atoms with E-state index in [1.807, 2.05) is 13.8 Å². The van der Waals surface area contributed by atoms with E-state index in [9.17, 15) is 17.2 Å². The Balaban J connectivity index is 1.58. The molecule has 3 aromatic rings. The number of hydrogen-bond donors (Lipinski definition) is 1. The highest BCUT2D eigenvalue weighted by Gasteiger charge is 2.61. The summed E-state index contributed by atoms with van der Waals surface area (Å²) in [5.41, 5.74) is -0.190. The van der Waals surface area contributed by atoms with Crippen LogP contribution in [0.1, 0.15) is 24.8 Å². The predicted octanol–water partition coefficient (Wildman–Crippen LogP) is 3.95. The highest BCUT2D eigenvalue weighted by molar-refractivity contribution is 7.89. The highest BCUT2D eigenvalue weighted by atomic mass is 32.2. The Hall–Kier alpha value is -2.23. The molecule has 0 bridgehead atoms. The lowest BCUT2D eigenvalue weighted by Gasteiger charge is -2.07. The van der Waals surface area contributed by atoms with Gasteiger partial charge in [0.2, 0.25) is 10.0 Å². The fraction of sp³-hybridized carbons (Fsp3) is 0.263. The van der Waals surface area contributed by atoms with E-state index in [0.717, 1.165) is 12.1 Å². The van der Waals surface area contributed by atoms with Gasteiger partial charge in [0.1, 0.15) is 16.6 Å². The van der Waals surface area contributed by atoms with Crippen LogP contribution in [0.5, 0.6) is 0 Å². The molecule has 9 heteroatoms. The maximum atomic E-state index is 14.0. The quantitative estimate of drug-likeness (QED) is 0.677. The van der Waals surface area contributed by atoms with Crippen LogP contribution in [0, 0.1) is 17.0 Å². The van der Waals surface area contributed by atoms with Crippen molar-refractivity contribution in [2.75, 3.05) is 0 Å². The van der Waals surface area contributed by atoms with E-state index in [2.05, 4.69) is 14.9 Å². The molecular formula is C19H17F2N3O2S2. The Morgan fingerprint density at radius 1 is 1.07 bits per heavy atom. The van der Waals surface area contributed by atoms with E-state index in [0.29, 0.717) is 10.0 Å². The second-order valence-electron chi connectivity index (χ2n) is 7.28. The number of nitrogens with one attached hydrogen (secondary N) is 1. The number of rotatable bonds is 5. The van der Waals surface area contributed by atoms with Gasteiger partial charge in [0.15, 0.2) is 5.01 Å². The molecule has 5 nitrogen and oxygen atoms in total. The van der Waals surface area contributed by atoms with E-state index in [-0.39, 0.29) is 27.8 Å². The molecule has 0 amide bonds. The first-order valence-corrected chi connectivity index (χ1v) is 10.9. The molecule has 1 aromatic heterocycles. The van der Waals surface area contributed by atoms with Crippen molar-refractivity contribution < 1.29 is 17.2 Å². The molecule has 0 spiro atoms. The van der Waals surface area contributed by atoms with E-state index in [4.69, 9.17) is 0 Å². The third-order valence-corrected chi connectivity index (χ3v) is 7.53. The van der Waals surface area contributed by atoms with Crippen molar-refractivity contribution in [3.05, 3.63) is 65.2 Å². The molecule has 1 saturated carbocycles. The van der Waals surface area contributed by atoms with Crippen LogP contribution in [0.2, 0.25) is 0 Å². The summed E-state index contributed by atoms with van der Waals surface area (Å²) in [4.78, 5) is 0.197. The Morgan fingerprint density at radius 3 is 2.46 bits per heavy atom.